The molecule has 7 nitrogen and oxygen atoms in total. The number of anilines is 1. The highest BCUT2D eigenvalue weighted by Crippen LogP contribution is 2.25. The van der Waals surface area contributed by atoms with Crippen molar-refractivity contribution in [3.8, 4) is 0 Å². The molecule has 0 unspecified atom stereocenters. The van der Waals surface area contributed by atoms with Crippen molar-refractivity contribution in [1.82, 2.24) is 20.3 Å². The second-order valence-electron chi connectivity index (χ2n) is 6.92. The van der Waals surface area contributed by atoms with Crippen molar-refractivity contribution in [2.45, 2.75) is 25.8 Å². The maximum atomic E-state index is 12.8. The number of rotatable bonds is 6. The van der Waals surface area contributed by atoms with Crippen molar-refractivity contribution in [1.29, 1.82) is 0 Å². The first kappa shape index (κ1) is 18.8. The molecule has 3 aromatic heterocycles. The minimum absolute atomic E-state index is 0.0737. The molecule has 4 heterocycles. The first-order valence-electron chi connectivity index (χ1n) is 9.49. The Morgan fingerprint density at radius 2 is 2.14 bits per heavy atom. The fraction of sp³-hybridized carbons (Fsp3) is 0.400. The molecule has 1 saturated heterocycles. The van der Waals surface area contributed by atoms with Crippen molar-refractivity contribution in [3.05, 3.63) is 47.2 Å². The molecule has 1 fully saturated rings. The molecule has 0 bridgehead atoms. The summed E-state index contributed by atoms with van der Waals surface area (Å²) in [4.78, 5) is 26.3. The van der Waals surface area contributed by atoms with E-state index in [-0.39, 0.29) is 11.9 Å². The second-order valence-corrected chi connectivity index (χ2v) is 7.83. The lowest BCUT2D eigenvalue weighted by Gasteiger charge is -2.22. The molecule has 0 aliphatic carbocycles. The molecule has 2 N–H and O–H groups in total. The van der Waals surface area contributed by atoms with Gasteiger partial charge in [-0.3, -0.25) is 9.78 Å². The monoisotopic (exact) mass is 397 g/mol. The van der Waals surface area contributed by atoms with Crippen molar-refractivity contribution in [3.63, 3.8) is 0 Å². The SMILES string of the molecule is C[C@H](Nc1nc(C(=O)NCC2CCOCC2)c2sccc2n1)c1ccccn1. The smallest absolute Gasteiger partial charge is 0.271 e. The van der Waals surface area contributed by atoms with Crippen LogP contribution in [0.15, 0.2) is 35.8 Å². The number of amides is 1. The summed E-state index contributed by atoms with van der Waals surface area (Å²) in [5.74, 6) is 0.732. The van der Waals surface area contributed by atoms with Crippen molar-refractivity contribution in [2.75, 3.05) is 25.1 Å². The number of carbonyl (C=O) groups is 1. The topological polar surface area (TPSA) is 89.0 Å². The molecule has 0 saturated carbocycles. The van der Waals surface area contributed by atoms with Gasteiger partial charge in [0.05, 0.1) is 22.0 Å². The number of hydrogen-bond donors (Lipinski definition) is 2. The van der Waals surface area contributed by atoms with Gasteiger partial charge in [-0.25, -0.2) is 9.97 Å². The van der Waals surface area contributed by atoms with Crippen LogP contribution < -0.4 is 10.6 Å². The molecule has 1 aliphatic heterocycles. The normalized spacial score (nSPS) is 16.0. The van der Waals surface area contributed by atoms with Crippen LogP contribution in [-0.2, 0) is 4.74 Å². The molecule has 4 rings (SSSR count). The average molecular weight is 398 g/mol. The standard InChI is InChI=1S/C20H23N5O2S/c1-13(15-4-2-3-8-21-15)23-20-24-16-7-11-28-18(16)17(25-20)19(26)22-12-14-5-9-27-10-6-14/h2-4,7-8,11,13-14H,5-6,9-10,12H2,1H3,(H,22,26)(H,23,24,25)/t13-/m0/s1. The highest BCUT2D eigenvalue weighted by atomic mass is 32.1. The quantitative estimate of drug-likeness (QED) is 0.663. The lowest BCUT2D eigenvalue weighted by atomic mass is 10.0. The van der Waals surface area contributed by atoms with Crippen LogP contribution in [0.1, 0.15) is 42.0 Å². The molecule has 1 atom stereocenters. The summed E-state index contributed by atoms with van der Waals surface area (Å²) in [6.07, 6.45) is 3.71. The number of ether oxygens (including phenoxy) is 1. The Hall–Kier alpha value is -2.58. The zero-order chi connectivity index (χ0) is 19.3. The first-order chi connectivity index (χ1) is 13.7. The predicted octanol–water partition coefficient (Wildman–Crippen LogP) is 3.42. The molecule has 0 aromatic carbocycles. The molecule has 0 radical (unpaired) electrons. The number of pyridine rings is 1. The van der Waals surface area contributed by atoms with Gasteiger partial charge >= 0.3 is 0 Å². The minimum atomic E-state index is -0.158. The Bertz CT molecular complexity index is 940. The maximum Gasteiger partial charge on any atom is 0.271 e. The highest BCUT2D eigenvalue weighted by Gasteiger charge is 2.20. The highest BCUT2D eigenvalue weighted by molar-refractivity contribution is 7.17. The fourth-order valence-corrected chi connectivity index (χ4v) is 4.07. The van der Waals surface area contributed by atoms with Gasteiger partial charge in [0.1, 0.15) is 0 Å². The fourth-order valence-electron chi connectivity index (χ4n) is 3.25. The molecular formula is C20H23N5O2S. The number of hydrogen-bond acceptors (Lipinski definition) is 7. The van der Waals surface area contributed by atoms with E-state index in [0.29, 0.717) is 24.1 Å². The van der Waals surface area contributed by atoms with Gasteiger partial charge in [-0.1, -0.05) is 6.07 Å². The van der Waals surface area contributed by atoms with E-state index < -0.39 is 0 Å². The summed E-state index contributed by atoms with van der Waals surface area (Å²) in [6, 6.07) is 7.61. The molecule has 28 heavy (non-hydrogen) atoms. The first-order valence-corrected chi connectivity index (χ1v) is 10.4. The molecule has 1 aliphatic rings. The Balaban J connectivity index is 1.52. The molecule has 146 valence electrons. The lowest BCUT2D eigenvalue weighted by molar-refractivity contribution is 0.0642. The molecule has 0 spiro atoms. The van der Waals surface area contributed by atoms with Crippen LogP contribution in [0.25, 0.3) is 10.2 Å². The maximum absolute atomic E-state index is 12.8. The van der Waals surface area contributed by atoms with E-state index in [1.807, 2.05) is 36.6 Å². The summed E-state index contributed by atoms with van der Waals surface area (Å²) in [6.45, 7) is 4.17. The van der Waals surface area contributed by atoms with Gasteiger partial charge in [0.2, 0.25) is 5.95 Å². The molecule has 1 amide bonds. The van der Waals surface area contributed by atoms with Gasteiger partial charge in [0, 0.05) is 26.0 Å². The van der Waals surface area contributed by atoms with E-state index in [1.54, 1.807) is 6.20 Å². The summed E-state index contributed by atoms with van der Waals surface area (Å²) in [5.41, 5.74) is 2.08. The average Bonchev–Trinajstić information content (AvgIpc) is 3.21. The predicted molar refractivity (Wildman–Crippen MR) is 110 cm³/mol. The Morgan fingerprint density at radius 3 is 2.93 bits per heavy atom. The van der Waals surface area contributed by atoms with Crippen LogP contribution in [0, 0.1) is 5.92 Å². The third-order valence-corrected chi connectivity index (χ3v) is 5.80. The van der Waals surface area contributed by atoms with E-state index >= 15 is 0 Å². The van der Waals surface area contributed by atoms with E-state index in [9.17, 15) is 4.79 Å². The molecular weight excluding hydrogens is 374 g/mol. The van der Waals surface area contributed by atoms with Crippen LogP contribution in [0.4, 0.5) is 5.95 Å². The minimum Gasteiger partial charge on any atom is -0.381 e. The Labute approximate surface area is 167 Å². The number of nitrogens with one attached hydrogen (secondary N) is 2. The Morgan fingerprint density at radius 1 is 1.29 bits per heavy atom. The van der Waals surface area contributed by atoms with Gasteiger partial charge in [-0.2, -0.15) is 0 Å². The third kappa shape index (κ3) is 4.28. The van der Waals surface area contributed by atoms with Crippen LogP contribution in [0.3, 0.4) is 0 Å². The summed E-state index contributed by atoms with van der Waals surface area (Å²) in [7, 11) is 0. The Kier molecular flexibility index (Phi) is 5.78. The molecule has 8 heteroatoms. The van der Waals surface area contributed by atoms with Gasteiger partial charge in [0.15, 0.2) is 5.69 Å². The number of nitrogens with zero attached hydrogens (tertiary/aromatic N) is 3. The number of thiophene rings is 1. The van der Waals surface area contributed by atoms with Crippen LogP contribution in [-0.4, -0.2) is 40.6 Å². The largest absolute Gasteiger partial charge is 0.381 e. The number of aromatic nitrogens is 3. The van der Waals surface area contributed by atoms with Crippen molar-refractivity contribution >= 4 is 33.4 Å². The molecule has 3 aromatic rings. The van der Waals surface area contributed by atoms with Crippen LogP contribution >= 0.6 is 11.3 Å². The zero-order valence-corrected chi connectivity index (χ0v) is 16.5. The van der Waals surface area contributed by atoms with E-state index in [4.69, 9.17) is 4.74 Å². The summed E-state index contributed by atoms with van der Waals surface area (Å²) >= 11 is 1.48. The van der Waals surface area contributed by atoms with Crippen LogP contribution in [0.5, 0.6) is 0 Å². The van der Waals surface area contributed by atoms with E-state index in [1.165, 1.54) is 11.3 Å². The lowest BCUT2D eigenvalue weighted by Crippen LogP contribution is -2.32. The van der Waals surface area contributed by atoms with E-state index in [0.717, 1.165) is 42.0 Å². The van der Waals surface area contributed by atoms with E-state index in [2.05, 4.69) is 25.6 Å². The zero-order valence-electron chi connectivity index (χ0n) is 15.7. The van der Waals surface area contributed by atoms with Crippen LogP contribution in [0.2, 0.25) is 0 Å². The number of fused-ring (bicyclic) bond motifs is 1. The second kappa shape index (κ2) is 8.62. The number of carbonyl (C=O) groups excluding carboxylic acids is 1. The summed E-state index contributed by atoms with van der Waals surface area (Å²) in [5, 5.41) is 8.24. The third-order valence-electron chi connectivity index (χ3n) is 4.89. The van der Waals surface area contributed by atoms with Gasteiger partial charge in [0.25, 0.3) is 5.91 Å². The summed E-state index contributed by atoms with van der Waals surface area (Å²) < 4.78 is 6.19. The van der Waals surface area contributed by atoms with Gasteiger partial charge in [-0.05, 0) is 49.3 Å². The van der Waals surface area contributed by atoms with Crippen molar-refractivity contribution < 1.29 is 9.53 Å². The van der Waals surface area contributed by atoms with Gasteiger partial charge in [-0.15, -0.1) is 11.3 Å². The van der Waals surface area contributed by atoms with Gasteiger partial charge < -0.3 is 15.4 Å². The van der Waals surface area contributed by atoms with Crippen molar-refractivity contribution in [2.24, 2.45) is 5.92 Å².